The Bertz CT molecular complexity index is 290. The highest BCUT2D eigenvalue weighted by atomic mass is 127. The summed E-state index contributed by atoms with van der Waals surface area (Å²) in [4.78, 5) is 4.27. The summed E-state index contributed by atoms with van der Waals surface area (Å²) in [5.74, 6) is 2.52. The fourth-order valence-corrected chi connectivity index (χ4v) is 1.89. The maximum absolute atomic E-state index is 5.20. The van der Waals surface area contributed by atoms with Gasteiger partial charge in [0, 0.05) is 5.38 Å². The SMILES string of the molecule is C#Cc1nc(C(C)(C)I)cs1. The van der Waals surface area contributed by atoms with Gasteiger partial charge in [0.2, 0.25) is 0 Å². The van der Waals surface area contributed by atoms with E-state index in [1.165, 1.54) is 11.3 Å². The molecule has 1 aromatic heterocycles. The molecule has 0 N–H and O–H groups in total. The largest absolute Gasteiger partial charge is 0.231 e. The van der Waals surface area contributed by atoms with Crippen LogP contribution in [0.15, 0.2) is 5.38 Å². The van der Waals surface area contributed by atoms with Gasteiger partial charge in [-0.2, -0.15) is 0 Å². The Kier molecular flexibility index (Phi) is 2.55. The molecule has 0 bridgehead atoms. The topological polar surface area (TPSA) is 12.9 Å². The fraction of sp³-hybridized carbons (Fsp3) is 0.375. The van der Waals surface area contributed by atoms with Crippen LogP contribution in [0.3, 0.4) is 0 Å². The van der Waals surface area contributed by atoms with Gasteiger partial charge in [-0.25, -0.2) is 4.98 Å². The van der Waals surface area contributed by atoms with Gasteiger partial charge in [-0.05, 0) is 19.8 Å². The van der Waals surface area contributed by atoms with Gasteiger partial charge in [0.15, 0.2) is 5.01 Å². The lowest BCUT2D eigenvalue weighted by Crippen LogP contribution is -2.06. The molecule has 58 valence electrons. The second-order valence-corrected chi connectivity index (χ2v) is 6.21. The van der Waals surface area contributed by atoms with E-state index >= 15 is 0 Å². The summed E-state index contributed by atoms with van der Waals surface area (Å²) in [5.41, 5.74) is 1.07. The smallest absolute Gasteiger partial charge is 0.166 e. The van der Waals surface area contributed by atoms with Crippen LogP contribution < -0.4 is 0 Å². The van der Waals surface area contributed by atoms with Crippen LogP contribution in [0.1, 0.15) is 24.5 Å². The van der Waals surface area contributed by atoms with Crippen LogP contribution >= 0.6 is 33.9 Å². The Morgan fingerprint density at radius 3 is 2.64 bits per heavy atom. The summed E-state index contributed by atoms with van der Waals surface area (Å²) in [6, 6.07) is 0. The standard InChI is InChI=1S/C8H8INS/c1-4-7-10-6(5-11-7)8(2,3)9/h1,5H,2-3H3. The van der Waals surface area contributed by atoms with Gasteiger partial charge in [-0.1, -0.05) is 22.6 Å². The Morgan fingerprint density at radius 1 is 1.73 bits per heavy atom. The number of halogens is 1. The Labute approximate surface area is 84.4 Å². The van der Waals surface area contributed by atoms with Crippen LogP contribution in [0.25, 0.3) is 0 Å². The molecule has 0 amide bonds. The lowest BCUT2D eigenvalue weighted by atomic mass is 10.2. The number of terminal acetylenes is 1. The third-order valence-electron chi connectivity index (χ3n) is 1.24. The van der Waals surface area contributed by atoms with Crippen LogP contribution in [-0.4, -0.2) is 4.98 Å². The van der Waals surface area contributed by atoms with E-state index in [1.807, 2.05) is 5.38 Å². The number of rotatable bonds is 1. The quantitative estimate of drug-likeness (QED) is 0.437. The van der Waals surface area contributed by atoms with Gasteiger partial charge in [-0.15, -0.1) is 17.8 Å². The van der Waals surface area contributed by atoms with Gasteiger partial charge in [0.25, 0.3) is 0 Å². The molecule has 0 saturated heterocycles. The number of alkyl halides is 1. The first-order valence-corrected chi connectivity index (χ1v) is 5.11. The molecule has 11 heavy (non-hydrogen) atoms. The van der Waals surface area contributed by atoms with Crippen molar-refractivity contribution in [1.82, 2.24) is 4.98 Å². The monoisotopic (exact) mass is 277 g/mol. The van der Waals surface area contributed by atoms with E-state index in [2.05, 4.69) is 47.3 Å². The molecule has 0 aliphatic rings. The molecule has 1 heterocycles. The molecule has 0 radical (unpaired) electrons. The van der Waals surface area contributed by atoms with Crippen LogP contribution in [0.5, 0.6) is 0 Å². The summed E-state index contributed by atoms with van der Waals surface area (Å²) >= 11 is 3.87. The van der Waals surface area contributed by atoms with Gasteiger partial charge in [0.05, 0.1) is 9.12 Å². The maximum atomic E-state index is 5.20. The molecule has 0 unspecified atom stereocenters. The van der Waals surface area contributed by atoms with Crippen molar-refractivity contribution in [2.75, 3.05) is 0 Å². The zero-order valence-electron chi connectivity index (χ0n) is 6.39. The highest BCUT2D eigenvalue weighted by Crippen LogP contribution is 2.30. The normalized spacial score (nSPS) is 11.1. The summed E-state index contributed by atoms with van der Waals surface area (Å²) in [6.45, 7) is 4.23. The molecule has 0 aliphatic carbocycles. The first-order valence-electron chi connectivity index (χ1n) is 3.15. The average Bonchev–Trinajstić information content (AvgIpc) is 2.32. The number of hydrogen-bond donors (Lipinski definition) is 0. The second kappa shape index (κ2) is 3.11. The minimum atomic E-state index is 0.0867. The van der Waals surface area contributed by atoms with Crippen LogP contribution in [-0.2, 0) is 3.42 Å². The van der Waals surface area contributed by atoms with Crippen molar-refractivity contribution in [1.29, 1.82) is 0 Å². The van der Waals surface area contributed by atoms with Crippen molar-refractivity contribution >= 4 is 33.9 Å². The minimum Gasteiger partial charge on any atom is -0.231 e. The number of hydrogen-bond acceptors (Lipinski definition) is 2. The Hall–Kier alpha value is -0.0800. The first kappa shape index (κ1) is 9.01. The third kappa shape index (κ3) is 2.17. The molecule has 3 heteroatoms. The van der Waals surface area contributed by atoms with Crippen molar-refractivity contribution in [3.8, 4) is 12.3 Å². The molecule has 0 aromatic carbocycles. The fourth-order valence-electron chi connectivity index (χ4n) is 0.613. The summed E-state index contributed by atoms with van der Waals surface area (Å²) in [5, 5.41) is 2.78. The summed E-state index contributed by atoms with van der Waals surface area (Å²) < 4.78 is 0.0867. The zero-order valence-corrected chi connectivity index (χ0v) is 9.36. The molecule has 0 saturated carbocycles. The van der Waals surface area contributed by atoms with Crippen LogP contribution in [0, 0.1) is 12.3 Å². The molecule has 0 fully saturated rings. The number of nitrogens with zero attached hydrogens (tertiary/aromatic N) is 1. The maximum Gasteiger partial charge on any atom is 0.166 e. The lowest BCUT2D eigenvalue weighted by Gasteiger charge is -2.11. The Morgan fingerprint density at radius 2 is 2.36 bits per heavy atom. The zero-order chi connectivity index (χ0) is 8.48. The number of thiazole rings is 1. The molecule has 0 aliphatic heterocycles. The predicted molar refractivity (Wildman–Crippen MR) is 57.1 cm³/mol. The third-order valence-corrected chi connectivity index (χ3v) is 2.56. The van der Waals surface area contributed by atoms with Gasteiger partial charge in [0.1, 0.15) is 0 Å². The van der Waals surface area contributed by atoms with E-state index in [1.54, 1.807) is 0 Å². The molecule has 1 rings (SSSR count). The second-order valence-electron chi connectivity index (χ2n) is 2.65. The van der Waals surface area contributed by atoms with Crippen molar-refractivity contribution in [2.24, 2.45) is 0 Å². The van der Waals surface area contributed by atoms with Crippen LogP contribution in [0.4, 0.5) is 0 Å². The van der Waals surface area contributed by atoms with E-state index in [-0.39, 0.29) is 3.42 Å². The molecule has 0 spiro atoms. The Balaban J connectivity index is 3.01. The first-order chi connectivity index (χ1) is 5.04. The van der Waals surface area contributed by atoms with Crippen molar-refractivity contribution in [2.45, 2.75) is 17.3 Å². The van der Waals surface area contributed by atoms with E-state index < -0.39 is 0 Å². The highest BCUT2D eigenvalue weighted by Gasteiger charge is 2.18. The minimum absolute atomic E-state index is 0.0867. The number of aromatic nitrogens is 1. The lowest BCUT2D eigenvalue weighted by molar-refractivity contribution is 0.795. The van der Waals surface area contributed by atoms with Crippen LogP contribution in [0.2, 0.25) is 0 Å². The van der Waals surface area contributed by atoms with Gasteiger partial charge < -0.3 is 0 Å². The molecule has 1 aromatic rings. The predicted octanol–water partition coefficient (Wildman–Crippen LogP) is 2.79. The van der Waals surface area contributed by atoms with Crippen molar-refractivity contribution in [3.63, 3.8) is 0 Å². The summed E-state index contributed by atoms with van der Waals surface area (Å²) in [6.07, 6.45) is 5.20. The average molecular weight is 277 g/mol. The van der Waals surface area contributed by atoms with E-state index in [0.717, 1.165) is 10.7 Å². The van der Waals surface area contributed by atoms with E-state index in [9.17, 15) is 0 Å². The van der Waals surface area contributed by atoms with E-state index in [0.29, 0.717) is 0 Å². The highest BCUT2D eigenvalue weighted by molar-refractivity contribution is 14.1. The van der Waals surface area contributed by atoms with Gasteiger partial charge >= 0.3 is 0 Å². The molecule has 0 atom stereocenters. The molecule has 1 nitrogen and oxygen atoms in total. The van der Waals surface area contributed by atoms with Crippen molar-refractivity contribution in [3.05, 3.63) is 16.1 Å². The molecular formula is C8H8INS. The summed E-state index contributed by atoms with van der Waals surface area (Å²) in [7, 11) is 0. The molecular weight excluding hydrogens is 269 g/mol. The van der Waals surface area contributed by atoms with E-state index in [4.69, 9.17) is 6.42 Å². The van der Waals surface area contributed by atoms with Crippen molar-refractivity contribution < 1.29 is 0 Å². The van der Waals surface area contributed by atoms with Gasteiger partial charge in [-0.3, -0.25) is 0 Å².